The fourth-order valence-electron chi connectivity index (χ4n) is 0.931. The molecule has 2 nitrogen and oxygen atoms in total. The van der Waals surface area contributed by atoms with Gasteiger partial charge in [-0.2, -0.15) is 11.8 Å². The molecular formula is C8H16F3NOS. The van der Waals surface area contributed by atoms with Crippen molar-refractivity contribution in [3.8, 4) is 0 Å². The number of rotatable bonds is 7. The maximum Gasteiger partial charge on any atom is 0.522 e. The highest BCUT2D eigenvalue weighted by molar-refractivity contribution is 7.98. The summed E-state index contributed by atoms with van der Waals surface area (Å²) in [7, 11) is 0. The van der Waals surface area contributed by atoms with E-state index < -0.39 is 6.36 Å². The molecular weight excluding hydrogens is 215 g/mol. The Bertz CT molecular complexity index is 143. The maximum absolute atomic E-state index is 11.5. The summed E-state index contributed by atoms with van der Waals surface area (Å²) in [6.07, 6.45) is -2.50. The number of thioether (sulfide) groups is 1. The summed E-state index contributed by atoms with van der Waals surface area (Å²) in [4.78, 5) is 0. The van der Waals surface area contributed by atoms with Gasteiger partial charge < -0.3 is 5.32 Å². The quantitative estimate of drug-likeness (QED) is 0.678. The molecule has 0 fully saturated rings. The normalized spacial score (nSPS) is 14.4. The standard InChI is InChI=1S/C8H16F3NOS/c1-7(6-14-2)5-12-3-4-13-8(9,10)11/h7,12H,3-6H2,1-2H3. The summed E-state index contributed by atoms with van der Waals surface area (Å²) < 4.78 is 38.1. The van der Waals surface area contributed by atoms with Gasteiger partial charge in [0.1, 0.15) is 0 Å². The van der Waals surface area contributed by atoms with Crippen molar-refractivity contribution in [2.45, 2.75) is 13.3 Å². The van der Waals surface area contributed by atoms with Gasteiger partial charge in [-0.3, -0.25) is 4.74 Å². The Hall–Kier alpha value is 0.0600. The summed E-state index contributed by atoms with van der Waals surface area (Å²) in [5, 5.41) is 2.90. The van der Waals surface area contributed by atoms with E-state index in [1.54, 1.807) is 11.8 Å². The van der Waals surface area contributed by atoms with Gasteiger partial charge in [0.15, 0.2) is 0 Å². The highest BCUT2D eigenvalue weighted by Gasteiger charge is 2.28. The lowest BCUT2D eigenvalue weighted by molar-refractivity contribution is -0.323. The van der Waals surface area contributed by atoms with E-state index in [9.17, 15) is 13.2 Å². The molecule has 0 spiro atoms. The Morgan fingerprint density at radius 3 is 2.57 bits per heavy atom. The molecule has 1 N–H and O–H groups in total. The van der Waals surface area contributed by atoms with Gasteiger partial charge in [0.05, 0.1) is 6.61 Å². The predicted octanol–water partition coefficient (Wildman–Crippen LogP) is 2.11. The lowest BCUT2D eigenvalue weighted by atomic mass is 10.2. The zero-order valence-electron chi connectivity index (χ0n) is 8.36. The zero-order chi connectivity index (χ0) is 11.0. The lowest BCUT2D eigenvalue weighted by Gasteiger charge is -2.11. The number of nitrogens with one attached hydrogen (secondary N) is 1. The minimum absolute atomic E-state index is 0.234. The van der Waals surface area contributed by atoms with Crippen LogP contribution in [0.1, 0.15) is 6.92 Å². The van der Waals surface area contributed by atoms with Crippen LogP contribution in [0.25, 0.3) is 0 Å². The molecule has 0 bridgehead atoms. The number of ether oxygens (including phenoxy) is 1. The zero-order valence-corrected chi connectivity index (χ0v) is 9.17. The average Bonchev–Trinajstić information content (AvgIpc) is 2.02. The minimum Gasteiger partial charge on any atom is -0.314 e. The average molecular weight is 231 g/mol. The number of hydrogen-bond acceptors (Lipinski definition) is 3. The minimum atomic E-state index is -4.51. The van der Waals surface area contributed by atoms with Crippen molar-refractivity contribution in [2.24, 2.45) is 5.92 Å². The molecule has 0 amide bonds. The third-order valence-electron chi connectivity index (χ3n) is 1.49. The molecule has 1 unspecified atom stereocenters. The topological polar surface area (TPSA) is 21.3 Å². The van der Waals surface area contributed by atoms with E-state index in [1.165, 1.54) is 0 Å². The van der Waals surface area contributed by atoms with Crippen LogP contribution in [-0.4, -0.2) is 38.1 Å². The van der Waals surface area contributed by atoms with Crippen LogP contribution in [-0.2, 0) is 4.74 Å². The first-order valence-corrected chi connectivity index (χ1v) is 5.75. The van der Waals surface area contributed by atoms with E-state index in [1.807, 2.05) is 13.2 Å². The summed E-state index contributed by atoms with van der Waals surface area (Å²) in [6.45, 7) is 2.68. The van der Waals surface area contributed by atoms with Crippen molar-refractivity contribution in [1.82, 2.24) is 5.32 Å². The van der Waals surface area contributed by atoms with Gasteiger partial charge in [-0.25, -0.2) is 0 Å². The second-order valence-electron chi connectivity index (χ2n) is 3.06. The van der Waals surface area contributed by atoms with Gasteiger partial charge in [0, 0.05) is 6.54 Å². The Morgan fingerprint density at radius 1 is 1.43 bits per heavy atom. The SMILES string of the molecule is CSCC(C)CNCCOC(F)(F)F. The summed E-state index contributed by atoms with van der Waals surface area (Å²) >= 11 is 1.73. The molecule has 0 heterocycles. The number of alkyl halides is 3. The fourth-order valence-corrected chi connectivity index (χ4v) is 1.62. The van der Waals surface area contributed by atoms with Gasteiger partial charge in [0.2, 0.25) is 0 Å². The molecule has 1 atom stereocenters. The molecule has 0 aliphatic rings. The summed E-state index contributed by atoms with van der Waals surface area (Å²) in [5.74, 6) is 1.48. The van der Waals surface area contributed by atoms with Crippen LogP contribution in [0.5, 0.6) is 0 Å². The van der Waals surface area contributed by atoms with Crippen molar-refractivity contribution in [2.75, 3.05) is 31.7 Å². The third kappa shape index (κ3) is 10.1. The second kappa shape index (κ2) is 7.36. The van der Waals surface area contributed by atoms with Crippen molar-refractivity contribution < 1.29 is 17.9 Å². The molecule has 0 rings (SSSR count). The Balaban J connectivity index is 3.21. The van der Waals surface area contributed by atoms with Gasteiger partial charge in [0.25, 0.3) is 0 Å². The predicted molar refractivity (Wildman–Crippen MR) is 52.4 cm³/mol. The third-order valence-corrected chi connectivity index (χ3v) is 2.39. The molecule has 0 aromatic carbocycles. The van der Waals surface area contributed by atoms with Gasteiger partial charge >= 0.3 is 6.36 Å². The molecule has 0 saturated carbocycles. The van der Waals surface area contributed by atoms with E-state index >= 15 is 0 Å². The van der Waals surface area contributed by atoms with E-state index in [2.05, 4.69) is 10.1 Å². The Morgan fingerprint density at radius 2 is 2.07 bits per heavy atom. The van der Waals surface area contributed by atoms with Gasteiger partial charge in [-0.05, 0) is 24.5 Å². The van der Waals surface area contributed by atoms with Crippen LogP contribution in [0.3, 0.4) is 0 Å². The van der Waals surface area contributed by atoms with Crippen LogP contribution in [0.4, 0.5) is 13.2 Å². The van der Waals surface area contributed by atoms with E-state index in [0.29, 0.717) is 5.92 Å². The smallest absolute Gasteiger partial charge is 0.314 e. The second-order valence-corrected chi connectivity index (χ2v) is 3.97. The van der Waals surface area contributed by atoms with Crippen molar-refractivity contribution >= 4 is 11.8 Å². The molecule has 86 valence electrons. The van der Waals surface area contributed by atoms with Crippen LogP contribution in [0, 0.1) is 5.92 Å². The first-order chi connectivity index (χ1) is 6.45. The molecule has 0 aromatic rings. The first kappa shape index (κ1) is 14.1. The molecule has 0 aliphatic carbocycles. The van der Waals surface area contributed by atoms with Crippen LogP contribution in [0.2, 0.25) is 0 Å². The highest BCUT2D eigenvalue weighted by atomic mass is 32.2. The van der Waals surface area contributed by atoms with Gasteiger partial charge in [-0.15, -0.1) is 13.2 Å². The molecule has 6 heteroatoms. The fraction of sp³-hybridized carbons (Fsp3) is 1.00. The van der Waals surface area contributed by atoms with E-state index in [-0.39, 0.29) is 13.2 Å². The van der Waals surface area contributed by atoms with Crippen molar-refractivity contribution in [3.63, 3.8) is 0 Å². The van der Waals surface area contributed by atoms with E-state index in [0.717, 1.165) is 12.3 Å². The number of hydrogen-bond donors (Lipinski definition) is 1. The van der Waals surface area contributed by atoms with Crippen LogP contribution < -0.4 is 5.32 Å². The van der Waals surface area contributed by atoms with Crippen molar-refractivity contribution in [1.29, 1.82) is 0 Å². The lowest BCUT2D eigenvalue weighted by Crippen LogP contribution is -2.28. The highest BCUT2D eigenvalue weighted by Crippen LogP contribution is 2.15. The molecule has 0 saturated heterocycles. The van der Waals surface area contributed by atoms with Crippen LogP contribution in [0.15, 0.2) is 0 Å². The molecule has 14 heavy (non-hydrogen) atoms. The molecule has 0 radical (unpaired) electrons. The Labute approximate surface area is 86.6 Å². The van der Waals surface area contributed by atoms with Gasteiger partial charge in [-0.1, -0.05) is 6.92 Å². The van der Waals surface area contributed by atoms with Crippen molar-refractivity contribution in [3.05, 3.63) is 0 Å². The maximum atomic E-state index is 11.5. The number of halogens is 3. The summed E-state index contributed by atoms with van der Waals surface area (Å²) in [5.41, 5.74) is 0. The summed E-state index contributed by atoms with van der Waals surface area (Å²) in [6, 6.07) is 0. The largest absolute Gasteiger partial charge is 0.522 e. The molecule has 0 aliphatic heterocycles. The van der Waals surface area contributed by atoms with Crippen LogP contribution >= 0.6 is 11.8 Å². The monoisotopic (exact) mass is 231 g/mol. The first-order valence-electron chi connectivity index (χ1n) is 4.36. The van der Waals surface area contributed by atoms with E-state index in [4.69, 9.17) is 0 Å². The molecule has 0 aromatic heterocycles. The Kier molecular flexibility index (Phi) is 7.40.